The van der Waals surface area contributed by atoms with E-state index < -0.39 is 5.41 Å². The van der Waals surface area contributed by atoms with Crippen LogP contribution in [-0.2, 0) is 9.53 Å². The Morgan fingerprint density at radius 3 is 2.50 bits per heavy atom. The van der Waals surface area contributed by atoms with Crippen molar-refractivity contribution < 1.29 is 14.3 Å². The summed E-state index contributed by atoms with van der Waals surface area (Å²) in [6.07, 6.45) is 1.40. The van der Waals surface area contributed by atoms with Crippen molar-refractivity contribution in [1.29, 1.82) is 0 Å². The fourth-order valence-corrected chi connectivity index (χ4v) is 3.07. The highest BCUT2D eigenvalue weighted by molar-refractivity contribution is 9.10. The van der Waals surface area contributed by atoms with E-state index in [0.717, 1.165) is 10.2 Å². The maximum atomic E-state index is 12.9. The van der Waals surface area contributed by atoms with Crippen molar-refractivity contribution in [3.63, 3.8) is 0 Å². The fraction of sp³-hybridized carbons (Fsp3) is 0.588. The van der Waals surface area contributed by atoms with Crippen LogP contribution in [0.4, 0.5) is 0 Å². The fourth-order valence-electron chi connectivity index (χ4n) is 2.81. The zero-order valence-corrected chi connectivity index (χ0v) is 16.4. The number of hydrogen-bond donors (Lipinski definition) is 1. The Morgan fingerprint density at radius 2 is 1.96 bits per heavy atom. The highest BCUT2D eigenvalue weighted by Crippen LogP contribution is 2.31. The summed E-state index contributed by atoms with van der Waals surface area (Å²) in [6, 6.07) is 7.68. The lowest BCUT2D eigenvalue weighted by Gasteiger charge is -2.38. The summed E-state index contributed by atoms with van der Waals surface area (Å²) in [4.78, 5) is 14.7. The van der Waals surface area contributed by atoms with E-state index in [9.17, 15) is 4.79 Å². The number of halogens is 2. The first-order valence-electron chi connectivity index (χ1n) is 8.07. The van der Waals surface area contributed by atoms with Gasteiger partial charge in [0.05, 0.1) is 12.0 Å². The molecule has 0 radical (unpaired) electrons. The van der Waals surface area contributed by atoms with E-state index in [4.69, 9.17) is 15.2 Å². The average Bonchev–Trinajstić information content (AvgIpc) is 2.60. The summed E-state index contributed by atoms with van der Waals surface area (Å²) in [5.74, 6) is 0.932. The maximum Gasteiger partial charge on any atom is 0.230 e. The van der Waals surface area contributed by atoms with Crippen LogP contribution in [0.2, 0.25) is 0 Å². The lowest BCUT2D eigenvalue weighted by atomic mass is 9.79. The lowest BCUT2D eigenvalue weighted by molar-refractivity contribution is -0.147. The molecular formula is C17H26BrClN2O3. The normalized spacial score (nSPS) is 16.1. The molecule has 5 nitrogen and oxygen atoms in total. The number of carbonyl (C=O) groups is 1. The van der Waals surface area contributed by atoms with Crippen LogP contribution in [-0.4, -0.2) is 50.3 Å². The zero-order valence-electron chi connectivity index (χ0n) is 14.0. The molecule has 136 valence electrons. The molecule has 1 amide bonds. The zero-order chi connectivity index (χ0) is 16.7. The molecule has 1 aliphatic heterocycles. The number of ether oxygens (including phenoxy) is 2. The molecule has 2 rings (SSSR count). The van der Waals surface area contributed by atoms with E-state index in [1.165, 1.54) is 0 Å². The summed E-state index contributed by atoms with van der Waals surface area (Å²) < 4.78 is 12.1. The molecule has 1 aromatic carbocycles. The Labute approximate surface area is 158 Å². The van der Waals surface area contributed by atoms with Gasteiger partial charge in [0.2, 0.25) is 5.91 Å². The standard InChI is InChI=1S/C17H25BrN2O3.ClH/c1-2-20(9-12-23-15-5-3-14(18)4-6-15)16(21)17(13-19)7-10-22-11-8-17;/h3-6H,2,7-13,19H2,1H3;1H. The number of nitrogens with two attached hydrogens (primary N) is 1. The van der Waals surface area contributed by atoms with Gasteiger partial charge in [0, 0.05) is 30.8 Å². The largest absolute Gasteiger partial charge is 0.492 e. The molecule has 24 heavy (non-hydrogen) atoms. The number of rotatable bonds is 7. The Hall–Kier alpha value is -0.820. The van der Waals surface area contributed by atoms with Crippen LogP contribution in [0.15, 0.2) is 28.7 Å². The van der Waals surface area contributed by atoms with Gasteiger partial charge in [-0.2, -0.15) is 0 Å². The van der Waals surface area contributed by atoms with Crippen LogP contribution >= 0.6 is 28.3 Å². The predicted molar refractivity (Wildman–Crippen MR) is 101 cm³/mol. The minimum Gasteiger partial charge on any atom is -0.492 e. The van der Waals surface area contributed by atoms with Gasteiger partial charge < -0.3 is 20.1 Å². The molecule has 1 heterocycles. The monoisotopic (exact) mass is 420 g/mol. The molecule has 1 saturated heterocycles. The molecule has 0 atom stereocenters. The molecule has 1 fully saturated rings. The molecule has 0 bridgehead atoms. The Balaban J connectivity index is 0.00000288. The van der Waals surface area contributed by atoms with Gasteiger partial charge in [0.1, 0.15) is 12.4 Å². The van der Waals surface area contributed by atoms with Crippen molar-refractivity contribution in [2.24, 2.45) is 11.1 Å². The van der Waals surface area contributed by atoms with Gasteiger partial charge >= 0.3 is 0 Å². The maximum absolute atomic E-state index is 12.9. The molecule has 0 saturated carbocycles. The second kappa shape index (κ2) is 10.2. The minimum absolute atomic E-state index is 0. The summed E-state index contributed by atoms with van der Waals surface area (Å²) in [5.41, 5.74) is 5.46. The summed E-state index contributed by atoms with van der Waals surface area (Å²) >= 11 is 3.39. The highest BCUT2D eigenvalue weighted by atomic mass is 79.9. The van der Waals surface area contributed by atoms with Crippen molar-refractivity contribution in [2.75, 3.05) is 39.5 Å². The van der Waals surface area contributed by atoms with E-state index >= 15 is 0 Å². The van der Waals surface area contributed by atoms with Gasteiger partial charge in [-0.15, -0.1) is 12.4 Å². The van der Waals surface area contributed by atoms with Crippen molar-refractivity contribution in [1.82, 2.24) is 4.90 Å². The highest BCUT2D eigenvalue weighted by Gasteiger charge is 2.40. The van der Waals surface area contributed by atoms with Crippen LogP contribution in [0.25, 0.3) is 0 Å². The Morgan fingerprint density at radius 1 is 1.33 bits per heavy atom. The average molecular weight is 422 g/mol. The van der Waals surface area contributed by atoms with Crippen LogP contribution < -0.4 is 10.5 Å². The third kappa shape index (κ3) is 5.34. The minimum atomic E-state index is -0.466. The Kier molecular flexibility index (Phi) is 9.05. The number of benzene rings is 1. The molecule has 1 aliphatic rings. The second-order valence-electron chi connectivity index (χ2n) is 5.78. The lowest BCUT2D eigenvalue weighted by Crippen LogP contribution is -2.51. The molecule has 0 spiro atoms. The molecule has 0 aromatic heterocycles. The number of carbonyl (C=O) groups excluding carboxylic acids is 1. The van der Waals surface area contributed by atoms with Crippen molar-refractivity contribution in [2.45, 2.75) is 19.8 Å². The van der Waals surface area contributed by atoms with Gasteiger partial charge in [-0.3, -0.25) is 4.79 Å². The van der Waals surface area contributed by atoms with Crippen LogP contribution in [0, 0.1) is 5.41 Å². The summed E-state index contributed by atoms with van der Waals surface area (Å²) in [7, 11) is 0. The van der Waals surface area contributed by atoms with Crippen LogP contribution in [0.1, 0.15) is 19.8 Å². The first kappa shape index (κ1) is 21.2. The van der Waals surface area contributed by atoms with Gasteiger partial charge in [-0.1, -0.05) is 15.9 Å². The van der Waals surface area contributed by atoms with E-state index in [1.54, 1.807) is 0 Å². The van der Waals surface area contributed by atoms with E-state index in [2.05, 4.69) is 15.9 Å². The van der Waals surface area contributed by atoms with Crippen molar-refractivity contribution >= 4 is 34.2 Å². The summed E-state index contributed by atoms with van der Waals surface area (Å²) in [6.45, 7) is 5.27. The predicted octanol–water partition coefficient (Wildman–Crippen LogP) is 2.85. The molecular weight excluding hydrogens is 396 g/mol. The van der Waals surface area contributed by atoms with Crippen LogP contribution in [0.5, 0.6) is 5.75 Å². The topological polar surface area (TPSA) is 64.8 Å². The number of amides is 1. The SMILES string of the molecule is CCN(CCOc1ccc(Br)cc1)C(=O)C1(CN)CCOCC1.Cl. The molecule has 7 heteroatoms. The number of nitrogens with zero attached hydrogens (tertiary/aromatic N) is 1. The molecule has 2 N–H and O–H groups in total. The van der Waals surface area contributed by atoms with Crippen molar-refractivity contribution in [3.05, 3.63) is 28.7 Å². The first-order chi connectivity index (χ1) is 11.1. The quantitative estimate of drug-likeness (QED) is 0.735. The van der Waals surface area contributed by atoms with E-state index in [-0.39, 0.29) is 18.3 Å². The van der Waals surface area contributed by atoms with E-state index in [0.29, 0.717) is 52.3 Å². The van der Waals surface area contributed by atoms with Gasteiger partial charge in [-0.25, -0.2) is 0 Å². The summed E-state index contributed by atoms with van der Waals surface area (Å²) in [5, 5.41) is 0. The smallest absolute Gasteiger partial charge is 0.230 e. The van der Waals surface area contributed by atoms with Crippen LogP contribution in [0.3, 0.4) is 0 Å². The second-order valence-corrected chi connectivity index (χ2v) is 6.70. The molecule has 0 unspecified atom stereocenters. The number of hydrogen-bond acceptors (Lipinski definition) is 4. The third-order valence-electron chi connectivity index (χ3n) is 4.41. The Bertz CT molecular complexity index is 507. The number of likely N-dealkylation sites (N-methyl/N-ethyl adjacent to an activating group) is 1. The first-order valence-corrected chi connectivity index (χ1v) is 8.86. The molecule has 0 aliphatic carbocycles. The van der Waals surface area contributed by atoms with Gasteiger partial charge in [0.25, 0.3) is 0 Å². The van der Waals surface area contributed by atoms with Crippen molar-refractivity contribution in [3.8, 4) is 5.75 Å². The van der Waals surface area contributed by atoms with Gasteiger partial charge in [-0.05, 0) is 44.0 Å². The van der Waals surface area contributed by atoms with Gasteiger partial charge in [0.15, 0.2) is 0 Å². The third-order valence-corrected chi connectivity index (χ3v) is 4.94. The van der Waals surface area contributed by atoms with E-state index in [1.807, 2.05) is 36.1 Å². The molecule has 1 aromatic rings.